The summed E-state index contributed by atoms with van der Waals surface area (Å²) < 4.78 is 5.16. The van der Waals surface area contributed by atoms with E-state index in [-0.39, 0.29) is 12.5 Å². The van der Waals surface area contributed by atoms with Crippen LogP contribution in [0.4, 0.5) is 10.5 Å². The first-order valence-electron chi connectivity index (χ1n) is 8.40. The number of likely N-dealkylation sites (tertiary alicyclic amines) is 1. The third-order valence-corrected chi connectivity index (χ3v) is 4.29. The fourth-order valence-corrected chi connectivity index (χ4v) is 2.99. The highest BCUT2D eigenvalue weighted by atomic mass is 16.4. The van der Waals surface area contributed by atoms with E-state index in [1.165, 1.54) is 6.07 Å². The summed E-state index contributed by atoms with van der Waals surface area (Å²) in [6.45, 7) is 3.73. The van der Waals surface area contributed by atoms with Crippen molar-refractivity contribution in [2.45, 2.75) is 26.2 Å². The molecule has 132 valence electrons. The minimum absolute atomic E-state index is 0.0701. The van der Waals surface area contributed by atoms with E-state index in [1.54, 1.807) is 18.2 Å². The van der Waals surface area contributed by atoms with Crippen LogP contribution >= 0.6 is 0 Å². The van der Waals surface area contributed by atoms with Gasteiger partial charge in [0.05, 0.1) is 0 Å². The maximum Gasteiger partial charge on any atom is 0.336 e. The van der Waals surface area contributed by atoms with Crippen LogP contribution in [0.2, 0.25) is 0 Å². The molecule has 0 saturated carbocycles. The van der Waals surface area contributed by atoms with Gasteiger partial charge in [-0.15, -0.1) is 0 Å². The molecule has 1 fully saturated rings. The van der Waals surface area contributed by atoms with E-state index in [4.69, 9.17) is 4.42 Å². The number of urea groups is 1. The fourth-order valence-electron chi connectivity index (χ4n) is 2.99. The Kier molecular flexibility index (Phi) is 5.02. The van der Waals surface area contributed by atoms with Crippen LogP contribution in [0.5, 0.6) is 0 Å². The Hall–Kier alpha value is -2.83. The maximum atomic E-state index is 11.9. The van der Waals surface area contributed by atoms with Crippen LogP contribution in [-0.2, 0) is 4.79 Å². The first-order valence-corrected chi connectivity index (χ1v) is 8.40. The summed E-state index contributed by atoms with van der Waals surface area (Å²) in [6, 6.07) is 6.17. The molecule has 1 aromatic carbocycles. The number of rotatable bonds is 4. The summed E-state index contributed by atoms with van der Waals surface area (Å²) in [6.07, 6.45) is 2.40. The molecule has 0 aliphatic carbocycles. The van der Waals surface area contributed by atoms with Crippen LogP contribution in [0.3, 0.4) is 0 Å². The van der Waals surface area contributed by atoms with Crippen LogP contribution in [0, 0.1) is 6.92 Å². The van der Waals surface area contributed by atoms with Crippen molar-refractivity contribution < 1.29 is 14.0 Å². The highest BCUT2D eigenvalue weighted by Crippen LogP contribution is 2.20. The number of aryl methyl sites for hydroxylation is 1. The Labute approximate surface area is 145 Å². The smallest absolute Gasteiger partial charge is 0.336 e. The normalized spacial score (nSPS) is 13.9. The van der Waals surface area contributed by atoms with E-state index >= 15 is 0 Å². The van der Waals surface area contributed by atoms with E-state index in [9.17, 15) is 14.4 Å². The van der Waals surface area contributed by atoms with Crippen LogP contribution < -0.4 is 16.3 Å². The first-order chi connectivity index (χ1) is 12.0. The minimum atomic E-state index is -0.424. The average molecular weight is 343 g/mol. The molecule has 1 aliphatic heterocycles. The number of nitrogens with one attached hydrogen (secondary N) is 2. The van der Waals surface area contributed by atoms with Gasteiger partial charge in [-0.1, -0.05) is 0 Å². The number of hydrogen-bond acceptors (Lipinski definition) is 4. The zero-order chi connectivity index (χ0) is 17.8. The van der Waals surface area contributed by atoms with Crippen molar-refractivity contribution in [2.75, 3.05) is 25.0 Å². The number of carbonyl (C=O) groups is 2. The largest absolute Gasteiger partial charge is 0.423 e. The fraction of sp³-hybridized carbons (Fsp3) is 0.389. The number of hydrogen-bond donors (Lipinski definition) is 2. The van der Waals surface area contributed by atoms with Crippen LogP contribution in [-0.4, -0.2) is 36.5 Å². The summed E-state index contributed by atoms with van der Waals surface area (Å²) >= 11 is 0. The molecule has 7 heteroatoms. The van der Waals surface area contributed by atoms with Gasteiger partial charge in [-0.3, -0.25) is 4.79 Å². The molecule has 2 N–H and O–H groups in total. The van der Waals surface area contributed by atoms with Gasteiger partial charge < -0.3 is 20.0 Å². The first kappa shape index (κ1) is 17.0. The Balaban J connectivity index is 1.54. The van der Waals surface area contributed by atoms with Crippen molar-refractivity contribution in [3.63, 3.8) is 0 Å². The Morgan fingerprint density at radius 3 is 2.72 bits per heavy atom. The lowest BCUT2D eigenvalue weighted by Gasteiger charge is -2.15. The van der Waals surface area contributed by atoms with Gasteiger partial charge in [0, 0.05) is 49.3 Å². The lowest BCUT2D eigenvalue weighted by molar-refractivity contribution is -0.129. The van der Waals surface area contributed by atoms with Crippen LogP contribution in [0.1, 0.15) is 24.8 Å². The maximum absolute atomic E-state index is 11.9. The zero-order valence-electron chi connectivity index (χ0n) is 14.1. The number of fused-ring (bicyclic) bond motifs is 1. The molecule has 25 heavy (non-hydrogen) atoms. The summed E-state index contributed by atoms with van der Waals surface area (Å²) in [4.78, 5) is 37.1. The molecule has 2 aromatic rings. The van der Waals surface area contributed by atoms with E-state index in [1.807, 2.05) is 11.8 Å². The van der Waals surface area contributed by atoms with Gasteiger partial charge in [-0.25, -0.2) is 9.59 Å². The van der Waals surface area contributed by atoms with Crippen molar-refractivity contribution >= 4 is 28.6 Å². The van der Waals surface area contributed by atoms with E-state index in [0.717, 1.165) is 36.9 Å². The van der Waals surface area contributed by atoms with Crippen molar-refractivity contribution in [1.29, 1.82) is 0 Å². The summed E-state index contributed by atoms with van der Waals surface area (Å²) in [5.41, 5.74) is 1.34. The highest BCUT2D eigenvalue weighted by Gasteiger charge is 2.17. The second kappa shape index (κ2) is 7.38. The standard InChI is InChI=1S/C18H21N3O4/c1-12-10-17(23)25-15-11-13(4-5-14(12)15)20-18(24)19-7-6-16(22)21-8-2-3-9-21/h4-5,10-11H,2-3,6-9H2,1H3,(H2,19,20,24). The van der Waals surface area contributed by atoms with Gasteiger partial charge in [-0.05, 0) is 37.5 Å². The van der Waals surface area contributed by atoms with Gasteiger partial charge in [0.1, 0.15) is 5.58 Å². The second-order valence-corrected chi connectivity index (χ2v) is 6.18. The summed E-state index contributed by atoms with van der Waals surface area (Å²) in [7, 11) is 0. The predicted octanol–water partition coefficient (Wildman–Crippen LogP) is 2.24. The Morgan fingerprint density at radius 1 is 1.20 bits per heavy atom. The third kappa shape index (κ3) is 4.17. The highest BCUT2D eigenvalue weighted by molar-refractivity contribution is 5.92. The summed E-state index contributed by atoms with van der Waals surface area (Å²) in [5, 5.41) is 6.17. The molecule has 3 amide bonds. The lowest BCUT2D eigenvalue weighted by atomic mass is 10.1. The van der Waals surface area contributed by atoms with Crippen molar-refractivity contribution in [3.05, 3.63) is 40.2 Å². The van der Waals surface area contributed by atoms with Crippen molar-refractivity contribution in [3.8, 4) is 0 Å². The molecule has 2 heterocycles. The lowest BCUT2D eigenvalue weighted by Crippen LogP contribution is -2.34. The number of carbonyl (C=O) groups excluding carboxylic acids is 2. The van der Waals surface area contributed by atoms with Crippen molar-refractivity contribution in [2.24, 2.45) is 0 Å². The molecule has 1 aromatic heterocycles. The van der Waals surface area contributed by atoms with Crippen LogP contribution in [0.15, 0.2) is 33.5 Å². The second-order valence-electron chi connectivity index (χ2n) is 6.18. The monoisotopic (exact) mass is 343 g/mol. The van der Waals surface area contributed by atoms with E-state index < -0.39 is 11.7 Å². The minimum Gasteiger partial charge on any atom is -0.423 e. The van der Waals surface area contributed by atoms with Gasteiger partial charge in [-0.2, -0.15) is 0 Å². The van der Waals surface area contributed by atoms with Gasteiger partial charge >= 0.3 is 11.7 Å². The Morgan fingerprint density at radius 2 is 1.96 bits per heavy atom. The molecule has 3 rings (SSSR count). The third-order valence-electron chi connectivity index (χ3n) is 4.29. The SMILES string of the molecule is Cc1cc(=O)oc2cc(NC(=O)NCCC(=O)N3CCCC3)ccc12. The molecular formula is C18H21N3O4. The number of nitrogens with zero attached hydrogens (tertiary/aromatic N) is 1. The van der Waals surface area contributed by atoms with E-state index in [2.05, 4.69) is 10.6 Å². The van der Waals surface area contributed by atoms with Crippen LogP contribution in [0.25, 0.3) is 11.0 Å². The molecule has 1 saturated heterocycles. The molecular weight excluding hydrogens is 322 g/mol. The predicted molar refractivity (Wildman–Crippen MR) is 94.7 cm³/mol. The van der Waals surface area contributed by atoms with Gasteiger partial charge in [0.15, 0.2) is 0 Å². The van der Waals surface area contributed by atoms with Gasteiger partial charge in [0.25, 0.3) is 0 Å². The molecule has 0 spiro atoms. The molecule has 0 bridgehead atoms. The summed E-state index contributed by atoms with van der Waals surface area (Å²) in [5.74, 6) is 0.0701. The molecule has 7 nitrogen and oxygen atoms in total. The number of anilines is 1. The molecule has 1 aliphatic rings. The molecule has 0 radical (unpaired) electrons. The van der Waals surface area contributed by atoms with Gasteiger partial charge in [0.2, 0.25) is 5.91 Å². The zero-order valence-corrected chi connectivity index (χ0v) is 14.1. The molecule has 0 unspecified atom stereocenters. The topological polar surface area (TPSA) is 91.6 Å². The number of amides is 3. The van der Waals surface area contributed by atoms with E-state index in [0.29, 0.717) is 17.7 Å². The quantitative estimate of drug-likeness (QED) is 0.833. The average Bonchev–Trinajstić information content (AvgIpc) is 3.08. The molecule has 0 atom stereocenters. The number of benzene rings is 1. The van der Waals surface area contributed by atoms with Crippen molar-refractivity contribution in [1.82, 2.24) is 10.2 Å². The Bertz CT molecular complexity index is 853.